The van der Waals surface area contributed by atoms with E-state index in [1.807, 2.05) is 24.3 Å². The topological polar surface area (TPSA) is 58.6 Å². The number of hydrogen-bond acceptors (Lipinski definition) is 3. The molecule has 0 aliphatic heterocycles. The fourth-order valence-corrected chi connectivity index (χ4v) is 1.48. The number of rotatable bonds is 7. The van der Waals surface area contributed by atoms with Crippen LogP contribution in [0.4, 0.5) is 5.69 Å². The maximum absolute atomic E-state index is 11.5. The molecule has 2 N–H and O–H groups in total. The predicted octanol–water partition coefficient (Wildman–Crippen LogP) is 1.59. The molecule has 0 fully saturated rings. The summed E-state index contributed by atoms with van der Waals surface area (Å²) in [5, 5.41) is 11.6. The second-order valence-electron chi connectivity index (χ2n) is 3.82. The number of carbonyl (C=O) groups is 1. The van der Waals surface area contributed by atoms with E-state index < -0.39 is 0 Å². The fourth-order valence-electron chi connectivity index (χ4n) is 1.48. The summed E-state index contributed by atoms with van der Waals surface area (Å²) in [6.45, 7) is 0.742. The summed E-state index contributed by atoms with van der Waals surface area (Å²) in [6, 6.07) is 7.50. The van der Waals surface area contributed by atoms with Crippen molar-refractivity contribution >= 4 is 11.6 Å². The number of benzene rings is 1. The summed E-state index contributed by atoms with van der Waals surface area (Å²) >= 11 is 0. The highest BCUT2D eigenvalue weighted by atomic mass is 16.5. The van der Waals surface area contributed by atoms with Crippen LogP contribution in [0.1, 0.15) is 18.4 Å². The summed E-state index contributed by atoms with van der Waals surface area (Å²) in [7, 11) is 1.62. The Morgan fingerprint density at radius 2 is 2.06 bits per heavy atom. The third-order valence-corrected chi connectivity index (χ3v) is 2.39. The summed E-state index contributed by atoms with van der Waals surface area (Å²) in [5.41, 5.74) is 1.85. The SMILES string of the molecule is COCCCC(=O)Nc1ccc(CCO)cc1. The summed E-state index contributed by atoms with van der Waals surface area (Å²) in [6.07, 6.45) is 1.83. The van der Waals surface area contributed by atoms with Gasteiger partial charge in [0.25, 0.3) is 0 Å². The minimum Gasteiger partial charge on any atom is -0.396 e. The quantitative estimate of drug-likeness (QED) is 0.708. The third-order valence-electron chi connectivity index (χ3n) is 2.39. The minimum absolute atomic E-state index is 0.00282. The standard InChI is InChI=1S/C13H19NO3/c1-17-10-2-3-13(16)14-12-6-4-11(5-7-12)8-9-15/h4-7,15H,2-3,8-10H2,1H3,(H,14,16). The molecule has 4 heteroatoms. The molecule has 0 aliphatic rings. The van der Waals surface area contributed by atoms with Crippen LogP contribution in [-0.4, -0.2) is 31.3 Å². The Labute approximate surface area is 102 Å². The van der Waals surface area contributed by atoms with Gasteiger partial charge in [0, 0.05) is 32.4 Å². The first-order valence-corrected chi connectivity index (χ1v) is 5.75. The average molecular weight is 237 g/mol. The van der Waals surface area contributed by atoms with E-state index >= 15 is 0 Å². The number of amides is 1. The lowest BCUT2D eigenvalue weighted by Crippen LogP contribution is -2.12. The first kappa shape index (κ1) is 13.7. The van der Waals surface area contributed by atoms with E-state index in [-0.39, 0.29) is 12.5 Å². The normalized spacial score (nSPS) is 10.2. The largest absolute Gasteiger partial charge is 0.396 e. The second-order valence-corrected chi connectivity index (χ2v) is 3.82. The molecule has 0 heterocycles. The van der Waals surface area contributed by atoms with Crippen LogP contribution >= 0.6 is 0 Å². The van der Waals surface area contributed by atoms with Gasteiger partial charge in [-0.15, -0.1) is 0 Å². The van der Waals surface area contributed by atoms with Crippen LogP contribution in [0.3, 0.4) is 0 Å². The van der Waals surface area contributed by atoms with Gasteiger partial charge in [-0.2, -0.15) is 0 Å². The molecular weight excluding hydrogens is 218 g/mol. The lowest BCUT2D eigenvalue weighted by molar-refractivity contribution is -0.116. The summed E-state index contributed by atoms with van der Waals surface area (Å²) < 4.78 is 4.88. The number of anilines is 1. The van der Waals surface area contributed by atoms with Gasteiger partial charge < -0.3 is 15.2 Å². The zero-order valence-corrected chi connectivity index (χ0v) is 10.1. The number of aliphatic hydroxyl groups excluding tert-OH is 1. The first-order chi connectivity index (χ1) is 8.26. The number of ether oxygens (including phenoxy) is 1. The molecule has 1 amide bonds. The van der Waals surface area contributed by atoms with E-state index in [4.69, 9.17) is 9.84 Å². The highest BCUT2D eigenvalue weighted by Crippen LogP contribution is 2.10. The Bertz CT molecular complexity index is 335. The Balaban J connectivity index is 2.37. The van der Waals surface area contributed by atoms with E-state index in [9.17, 15) is 4.79 Å². The van der Waals surface area contributed by atoms with Crippen molar-refractivity contribution in [2.75, 3.05) is 25.6 Å². The van der Waals surface area contributed by atoms with Gasteiger partial charge in [0.15, 0.2) is 0 Å². The van der Waals surface area contributed by atoms with Gasteiger partial charge in [0.2, 0.25) is 5.91 Å². The van der Waals surface area contributed by atoms with E-state index in [0.717, 1.165) is 17.7 Å². The Morgan fingerprint density at radius 3 is 2.65 bits per heavy atom. The molecule has 0 aromatic heterocycles. The number of nitrogens with one attached hydrogen (secondary N) is 1. The molecule has 0 bridgehead atoms. The zero-order chi connectivity index (χ0) is 12.5. The minimum atomic E-state index is -0.00282. The van der Waals surface area contributed by atoms with Crippen LogP contribution in [0.15, 0.2) is 24.3 Å². The summed E-state index contributed by atoms with van der Waals surface area (Å²) in [5.74, 6) is -0.00282. The number of methoxy groups -OCH3 is 1. The monoisotopic (exact) mass is 237 g/mol. The average Bonchev–Trinajstić information content (AvgIpc) is 2.32. The van der Waals surface area contributed by atoms with E-state index in [0.29, 0.717) is 19.4 Å². The lowest BCUT2D eigenvalue weighted by atomic mass is 10.1. The van der Waals surface area contributed by atoms with Crippen molar-refractivity contribution in [1.82, 2.24) is 0 Å². The van der Waals surface area contributed by atoms with Crippen LogP contribution in [-0.2, 0) is 16.0 Å². The molecule has 0 aliphatic carbocycles. The van der Waals surface area contributed by atoms with Crippen molar-refractivity contribution in [3.05, 3.63) is 29.8 Å². The lowest BCUT2D eigenvalue weighted by Gasteiger charge is -2.06. The zero-order valence-electron chi connectivity index (χ0n) is 10.1. The third kappa shape index (κ3) is 5.47. The maximum atomic E-state index is 11.5. The smallest absolute Gasteiger partial charge is 0.224 e. The van der Waals surface area contributed by atoms with Crippen molar-refractivity contribution in [3.63, 3.8) is 0 Å². The highest BCUT2D eigenvalue weighted by molar-refractivity contribution is 5.90. The molecule has 0 unspecified atom stereocenters. The van der Waals surface area contributed by atoms with Crippen LogP contribution in [0, 0.1) is 0 Å². The fraction of sp³-hybridized carbons (Fsp3) is 0.462. The maximum Gasteiger partial charge on any atom is 0.224 e. The van der Waals surface area contributed by atoms with Crippen LogP contribution in [0.5, 0.6) is 0 Å². The van der Waals surface area contributed by atoms with E-state index in [1.54, 1.807) is 7.11 Å². The van der Waals surface area contributed by atoms with Gasteiger partial charge in [-0.1, -0.05) is 12.1 Å². The number of carbonyl (C=O) groups excluding carboxylic acids is 1. The molecule has 0 saturated carbocycles. The molecular formula is C13H19NO3. The van der Waals surface area contributed by atoms with Crippen molar-refractivity contribution in [1.29, 1.82) is 0 Å². The number of hydrogen-bond donors (Lipinski definition) is 2. The second kappa shape index (κ2) is 7.81. The van der Waals surface area contributed by atoms with Gasteiger partial charge in [0.1, 0.15) is 0 Å². The van der Waals surface area contributed by atoms with E-state index in [2.05, 4.69) is 5.32 Å². The molecule has 0 radical (unpaired) electrons. The van der Waals surface area contributed by atoms with Gasteiger partial charge in [0.05, 0.1) is 0 Å². The van der Waals surface area contributed by atoms with Crippen molar-refractivity contribution < 1.29 is 14.6 Å². The van der Waals surface area contributed by atoms with Gasteiger partial charge in [-0.25, -0.2) is 0 Å². The molecule has 1 aromatic carbocycles. The highest BCUT2D eigenvalue weighted by Gasteiger charge is 2.01. The first-order valence-electron chi connectivity index (χ1n) is 5.75. The van der Waals surface area contributed by atoms with Crippen molar-refractivity contribution in [3.8, 4) is 0 Å². The van der Waals surface area contributed by atoms with Crippen LogP contribution in [0.25, 0.3) is 0 Å². The van der Waals surface area contributed by atoms with Gasteiger partial charge in [-0.05, 0) is 30.5 Å². The van der Waals surface area contributed by atoms with Crippen LogP contribution in [0.2, 0.25) is 0 Å². The van der Waals surface area contributed by atoms with Crippen molar-refractivity contribution in [2.24, 2.45) is 0 Å². The molecule has 0 saturated heterocycles. The Kier molecular flexibility index (Phi) is 6.29. The Hall–Kier alpha value is -1.39. The van der Waals surface area contributed by atoms with Gasteiger partial charge in [-0.3, -0.25) is 4.79 Å². The van der Waals surface area contributed by atoms with Crippen molar-refractivity contribution in [2.45, 2.75) is 19.3 Å². The molecule has 0 atom stereocenters. The molecule has 1 aromatic rings. The van der Waals surface area contributed by atoms with Crippen LogP contribution < -0.4 is 5.32 Å². The molecule has 4 nitrogen and oxygen atoms in total. The summed E-state index contributed by atoms with van der Waals surface area (Å²) in [4.78, 5) is 11.5. The molecule has 0 spiro atoms. The van der Waals surface area contributed by atoms with E-state index in [1.165, 1.54) is 0 Å². The Morgan fingerprint density at radius 1 is 1.35 bits per heavy atom. The molecule has 1 rings (SSSR count). The number of aliphatic hydroxyl groups is 1. The molecule has 17 heavy (non-hydrogen) atoms. The van der Waals surface area contributed by atoms with Gasteiger partial charge >= 0.3 is 0 Å². The predicted molar refractivity (Wildman–Crippen MR) is 67.0 cm³/mol. The molecule has 94 valence electrons.